The number of unbranched alkanes of at least 4 members (excludes halogenated alkanes) is 20. The normalized spacial score (nSPS) is 12.7. The number of rotatable bonds is 41. The number of hydrogen-bond acceptors (Lipinski definition) is 6. The van der Waals surface area contributed by atoms with Gasteiger partial charge in [-0.1, -0.05) is 190 Å². The van der Waals surface area contributed by atoms with Crippen LogP contribution >= 0.6 is 0 Å². The van der Waals surface area contributed by atoms with Crippen molar-refractivity contribution in [2.75, 3.05) is 13.2 Å². The summed E-state index contributed by atoms with van der Waals surface area (Å²) in [5.41, 5.74) is 0. The molecule has 0 bridgehead atoms. The van der Waals surface area contributed by atoms with E-state index in [4.69, 9.17) is 14.2 Å². The lowest BCUT2D eigenvalue weighted by Gasteiger charge is -2.18. The molecule has 57 heavy (non-hydrogen) atoms. The predicted octanol–water partition coefficient (Wildman–Crippen LogP) is 15.1. The molecule has 0 saturated heterocycles. The van der Waals surface area contributed by atoms with E-state index in [1.165, 1.54) is 103 Å². The standard InChI is InChI=1S/C51H86O6/c1-4-7-10-13-16-19-21-22-23-24-25-26-27-28-30-32-35-38-41-44-50(53)56-47-48(46-55-49(52)43-40-37-34-31-18-15-12-9-6-3)57-51(54)45-42-39-36-33-29-20-17-14-11-8-5-2/h9,12,14,16-19,21-22,31,37,40,48H,4-8,10-11,13,15,20,23-30,32-36,38-39,41-47H2,1-3H3/b12-9-,17-14-,19-16-,22-21-,31-18-,40-37-. The van der Waals surface area contributed by atoms with Crippen molar-refractivity contribution in [3.8, 4) is 0 Å². The zero-order valence-electron chi connectivity index (χ0n) is 37.1. The van der Waals surface area contributed by atoms with Gasteiger partial charge < -0.3 is 14.2 Å². The fraction of sp³-hybridized carbons (Fsp3) is 0.706. The van der Waals surface area contributed by atoms with E-state index in [-0.39, 0.29) is 31.6 Å². The number of allylic oxidation sites excluding steroid dienone is 11. The molecule has 0 radical (unpaired) electrons. The van der Waals surface area contributed by atoms with Crippen LogP contribution < -0.4 is 0 Å². The van der Waals surface area contributed by atoms with Crippen LogP contribution in [-0.2, 0) is 28.6 Å². The Morgan fingerprint density at radius 3 is 1.37 bits per heavy atom. The minimum atomic E-state index is -0.813. The highest BCUT2D eigenvalue weighted by atomic mass is 16.6. The van der Waals surface area contributed by atoms with Crippen molar-refractivity contribution in [3.63, 3.8) is 0 Å². The number of carbonyl (C=O) groups excluding carboxylic acids is 3. The fourth-order valence-electron chi connectivity index (χ4n) is 6.18. The summed E-state index contributed by atoms with van der Waals surface area (Å²) in [4.78, 5) is 37.6. The Labute approximate surface area is 351 Å². The molecule has 1 atom stereocenters. The first kappa shape index (κ1) is 53.9. The lowest BCUT2D eigenvalue weighted by molar-refractivity contribution is -0.166. The van der Waals surface area contributed by atoms with Gasteiger partial charge in [0.2, 0.25) is 0 Å². The molecule has 1 unspecified atom stereocenters. The second kappa shape index (κ2) is 45.6. The van der Waals surface area contributed by atoms with Crippen LogP contribution in [0.5, 0.6) is 0 Å². The highest BCUT2D eigenvalue weighted by molar-refractivity contribution is 5.72. The molecule has 0 aliphatic carbocycles. The van der Waals surface area contributed by atoms with Gasteiger partial charge in [0, 0.05) is 12.8 Å². The Hall–Kier alpha value is -3.15. The highest BCUT2D eigenvalue weighted by Crippen LogP contribution is 2.14. The molecular formula is C51H86O6. The molecule has 0 aliphatic rings. The van der Waals surface area contributed by atoms with Crippen LogP contribution in [0.15, 0.2) is 72.9 Å². The molecule has 0 aromatic rings. The van der Waals surface area contributed by atoms with Crippen molar-refractivity contribution in [2.45, 2.75) is 219 Å². The Kier molecular flexibility index (Phi) is 43.0. The molecule has 326 valence electrons. The number of carbonyl (C=O) groups is 3. The maximum Gasteiger partial charge on any atom is 0.309 e. The van der Waals surface area contributed by atoms with E-state index in [1.54, 1.807) is 6.08 Å². The molecule has 0 aliphatic heterocycles. The molecule has 0 N–H and O–H groups in total. The largest absolute Gasteiger partial charge is 0.462 e. The second-order valence-corrected chi connectivity index (χ2v) is 15.3. The molecular weight excluding hydrogens is 709 g/mol. The van der Waals surface area contributed by atoms with Crippen LogP contribution in [-0.4, -0.2) is 37.2 Å². The third kappa shape index (κ3) is 43.8. The molecule has 0 heterocycles. The van der Waals surface area contributed by atoms with E-state index in [2.05, 4.69) is 81.5 Å². The van der Waals surface area contributed by atoms with Gasteiger partial charge in [0.05, 0.1) is 6.42 Å². The first-order valence-electron chi connectivity index (χ1n) is 23.5. The molecule has 0 rings (SSSR count). The lowest BCUT2D eigenvalue weighted by atomic mass is 10.1. The quantitative estimate of drug-likeness (QED) is 0.0202. The molecule has 0 spiro atoms. The van der Waals surface area contributed by atoms with Crippen LogP contribution in [0.3, 0.4) is 0 Å². The van der Waals surface area contributed by atoms with E-state index in [0.717, 1.165) is 70.6 Å². The second-order valence-electron chi connectivity index (χ2n) is 15.3. The topological polar surface area (TPSA) is 78.9 Å². The van der Waals surface area contributed by atoms with Gasteiger partial charge in [-0.05, 0) is 77.0 Å². The maximum atomic E-state index is 12.7. The summed E-state index contributed by atoms with van der Waals surface area (Å²) in [6.07, 6.45) is 56.4. The van der Waals surface area contributed by atoms with Crippen LogP contribution in [0, 0.1) is 0 Å². The summed E-state index contributed by atoms with van der Waals surface area (Å²) in [6, 6.07) is 0. The van der Waals surface area contributed by atoms with Crippen molar-refractivity contribution in [1.82, 2.24) is 0 Å². The van der Waals surface area contributed by atoms with Gasteiger partial charge in [-0.3, -0.25) is 14.4 Å². The van der Waals surface area contributed by atoms with Crippen LogP contribution in [0.4, 0.5) is 0 Å². The molecule has 6 heteroatoms. The van der Waals surface area contributed by atoms with Gasteiger partial charge in [-0.2, -0.15) is 0 Å². The van der Waals surface area contributed by atoms with Crippen molar-refractivity contribution in [3.05, 3.63) is 72.9 Å². The SMILES string of the molecule is CC/C=C\C/C=C\C/C=C\CC(=O)OCC(COC(=O)CCCCCCCCCCCC/C=C\C=C/CCCCC)OC(=O)CCCCCCC/C=C\CCCC. The maximum absolute atomic E-state index is 12.7. The van der Waals surface area contributed by atoms with Gasteiger partial charge >= 0.3 is 17.9 Å². The van der Waals surface area contributed by atoms with Gasteiger partial charge in [0.25, 0.3) is 0 Å². The summed E-state index contributed by atoms with van der Waals surface area (Å²) in [7, 11) is 0. The van der Waals surface area contributed by atoms with Gasteiger partial charge in [0.15, 0.2) is 6.10 Å². The summed E-state index contributed by atoms with van der Waals surface area (Å²) >= 11 is 0. The summed E-state index contributed by atoms with van der Waals surface area (Å²) in [5, 5.41) is 0. The van der Waals surface area contributed by atoms with Gasteiger partial charge in [-0.15, -0.1) is 0 Å². The zero-order chi connectivity index (χ0) is 41.5. The third-order valence-corrected chi connectivity index (χ3v) is 9.73. The average molecular weight is 795 g/mol. The molecule has 6 nitrogen and oxygen atoms in total. The smallest absolute Gasteiger partial charge is 0.309 e. The van der Waals surface area contributed by atoms with E-state index >= 15 is 0 Å². The molecule has 0 fully saturated rings. The minimum Gasteiger partial charge on any atom is -0.462 e. The summed E-state index contributed by atoms with van der Waals surface area (Å²) < 4.78 is 16.6. The Morgan fingerprint density at radius 2 is 0.825 bits per heavy atom. The molecule has 0 aromatic carbocycles. The zero-order valence-corrected chi connectivity index (χ0v) is 37.1. The van der Waals surface area contributed by atoms with Crippen LogP contribution in [0.25, 0.3) is 0 Å². The van der Waals surface area contributed by atoms with Gasteiger partial charge in [-0.25, -0.2) is 0 Å². The first-order chi connectivity index (χ1) is 28.0. The van der Waals surface area contributed by atoms with Crippen LogP contribution in [0.1, 0.15) is 213 Å². The molecule has 0 amide bonds. The van der Waals surface area contributed by atoms with Gasteiger partial charge in [0.1, 0.15) is 13.2 Å². The highest BCUT2D eigenvalue weighted by Gasteiger charge is 2.19. The monoisotopic (exact) mass is 795 g/mol. The first-order valence-corrected chi connectivity index (χ1v) is 23.5. The Bertz CT molecular complexity index is 1100. The summed E-state index contributed by atoms with van der Waals surface area (Å²) in [6.45, 7) is 6.33. The van der Waals surface area contributed by atoms with E-state index < -0.39 is 12.1 Å². The Balaban J connectivity index is 4.35. The lowest BCUT2D eigenvalue weighted by Crippen LogP contribution is -2.30. The minimum absolute atomic E-state index is 0.108. The molecule has 0 aromatic heterocycles. The Morgan fingerprint density at radius 1 is 0.404 bits per heavy atom. The summed E-state index contributed by atoms with van der Waals surface area (Å²) in [5.74, 6) is -1.06. The fourth-order valence-corrected chi connectivity index (χ4v) is 6.18. The average Bonchev–Trinajstić information content (AvgIpc) is 3.21. The number of ether oxygens (including phenoxy) is 3. The third-order valence-electron chi connectivity index (χ3n) is 9.73. The predicted molar refractivity (Wildman–Crippen MR) is 242 cm³/mol. The van der Waals surface area contributed by atoms with Crippen LogP contribution in [0.2, 0.25) is 0 Å². The molecule has 0 saturated carbocycles. The van der Waals surface area contributed by atoms with Crippen molar-refractivity contribution in [2.24, 2.45) is 0 Å². The van der Waals surface area contributed by atoms with Crippen molar-refractivity contribution >= 4 is 17.9 Å². The number of esters is 3. The van der Waals surface area contributed by atoms with Crippen molar-refractivity contribution < 1.29 is 28.6 Å². The van der Waals surface area contributed by atoms with E-state index in [0.29, 0.717) is 12.8 Å². The number of hydrogen-bond donors (Lipinski definition) is 0. The van der Waals surface area contributed by atoms with Crippen molar-refractivity contribution in [1.29, 1.82) is 0 Å². The van der Waals surface area contributed by atoms with E-state index in [1.807, 2.05) is 6.08 Å². The van der Waals surface area contributed by atoms with E-state index in [9.17, 15) is 14.4 Å².